The summed E-state index contributed by atoms with van der Waals surface area (Å²) >= 11 is 0. The number of quaternary nitrogens is 1. The van der Waals surface area contributed by atoms with Crippen molar-refractivity contribution in [2.45, 2.75) is 6.54 Å². The van der Waals surface area contributed by atoms with E-state index in [0.29, 0.717) is 18.0 Å². The number of carbonyl (C=O) groups excluding carboxylic acids is 1. The lowest BCUT2D eigenvalue weighted by Gasteiger charge is -2.08. The number of fused-ring (bicyclic) bond motifs is 1. The molecule has 0 amide bonds. The van der Waals surface area contributed by atoms with Crippen molar-refractivity contribution in [3.05, 3.63) is 72.3 Å². The minimum atomic E-state index is -0.751. The van der Waals surface area contributed by atoms with Crippen molar-refractivity contribution in [3.8, 4) is 11.5 Å². The highest BCUT2D eigenvalue weighted by molar-refractivity contribution is 5.89. The molecule has 0 aliphatic carbocycles. The van der Waals surface area contributed by atoms with Gasteiger partial charge in [0.2, 0.25) is 0 Å². The highest BCUT2D eigenvalue weighted by Gasteiger charge is 2.10. The molecule has 22 heavy (non-hydrogen) atoms. The topological polar surface area (TPSA) is 63.2 Å². The lowest BCUT2D eigenvalue weighted by molar-refractivity contribution is -0.386. The van der Waals surface area contributed by atoms with Gasteiger partial charge < -0.3 is 15.2 Å². The molecule has 3 aromatic rings. The predicted octanol–water partition coefficient (Wildman–Crippen LogP) is 3.16. The summed E-state index contributed by atoms with van der Waals surface area (Å²) in [5.74, 6) is 0.930. The molecule has 0 aromatic heterocycles. The Labute approximate surface area is 128 Å². The first-order valence-electron chi connectivity index (χ1n) is 7.02. The van der Waals surface area contributed by atoms with E-state index < -0.39 is 6.16 Å². The van der Waals surface area contributed by atoms with Crippen LogP contribution in [0.15, 0.2) is 66.7 Å². The molecule has 0 unspecified atom stereocenters. The van der Waals surface area contributed by atoms with E-state index in [1.54, 1.807) is 18.2 Å². The maximum absolute atomic E-state index is 11.9. The van der Waals surface area contributed by atoms with Crippen molar-refractivity contribution >= 4 is 16.9 Å². The van der Waals surface area contributed by atoms with Gasteiger partial charge in [-0.25, -0.2) is 4.79 Å². The van der Waals surface area contributed by atoms with Gasteiger partial charge in [0, 0.05) is 10.9 Å². The second kappa shape index (κ2) is 6.28. The molecule has 0 saturated heterocycles. The molecule has 0 aliphatic rings. The fourth-order valence-electron chi connectivity index (χ4n) is 2.22. The first-order chi connectivity index (χ1) is 10.8. The Balaban J connectivity index is 1.75. The van der Waals surface area contributed by atoms with Crippen LogP contribution in [0.3, 0.4) is 0 Å². The monoisotopic (exact) mass is 294 g/mol. The standard InChI is InChI=1S/C18H15NO3/c19-12-13-8-10-15(11-9-13)21-18(20)22-17-7-3-5-14-4-1-2-6-16(14)17/h1-11H,12,19H2/p+1. The maximum Gasteiger partial charge on any atom is 0.519 e. The Hall–Kier alpha value is -2.85. The normalized spacial score (nSPS) is 10.4. The molecule has 3 rings (SSSR count). The SMILES string of the molecule is [NH3+]Cc1ccc(OC(=O)Oc2cccc3ccccc23)cc1. The highest BCUT2D eigenvalue weighted by Crippen LogP contribution is 2.25. The molecule has 0 spiro atoms. The number of rotatable bonds is 3. The van der Waals surface area contributed by atoms with Gasteiger partial charge in [-0.05, 0) is 35.7 Å². The summed E-state index contributed by atoms with van der Waals surface area (Å²) in [5.41, 5.74) is 4.88. The molecule has 0 atom stereocenters. The van der Waals surface area contributed by atoms with Crippen LogP contribution in [0.1, 0.15) is 5.56 Å². The van der Waals surface area contributed by atoms with Crippen molar-refractivity contribution in [1.82, 2.24) is 0 Å². The van der Waals surface area contributed by atoms with Crippen molar-refractivity contribution in [3.63, 3.8) is 0 Å². The van der Waals surface area contributed by atoms with Gasteiger partial charge in [0.05, 0.1) is 6.54 Å². The lowest BCUT2D eigenvalue weighted by atomic mass is 10.1. The molecular formula is C18H16NO3+. The highest BCUT2D eigenvalue weighted by atomic mass is 16.7. The van der Waals surface area contributed by atoms with Gasteiger partial charge in [-0.1, -0.05) is 36.4 Å². The van der Waals surface area contributed by atoms with E-state index in [9.17, 15) is 4.79 Å². The van der Waals surface area contributed by atoms with Gasteiger partial charge in [0.15, 0.2) is 0 Å². The summed E-state index contributed by atoms with van der Waals surface area (Å²) in [6.07, 6.45) is -0.751. The van der Waals surface area contributed by atoms with Crippen LogP contribution in [-0.2, 0) is 6.54 Å². The first kappa shape index (κ1) is 14.1. The zero-order valence-electron chi connectivity index (χ0n) is 12.0. The van der Waals surface area contributed by atoms with Crippen molar-refractivity contribution in [1.29, 1.82) is 0 Å². The maximum atomic E-state index is 11.9. The Kier molecular flexibility index (Phi) is 4.03. The van der Waals surface area contributed by atoms with Gasteiger partial charge in [0.25, 0.3) is 0 Å². The van der Waals surface area contributed by atoms with Crippen LogP contribution in [0.2, 0.25) is 0 Å². The number of ether oxygens (including phenoxy) is 2. The lowest BCUT2D eigenvalue weighted by Crippen LogP contribution is -2.47. The third kappa shape index (κ3) is 3.07. The zero-order chi connectivity index (χ0) is 15.4. The van der Waals surface area contributed by atoms with E-state index >= 15 is 0 Å². The molecule has 0 fully saturated rings. The van der Waals surface area contributed by atoms with Crippen molar-refractivity contribution in [2.75, 3.05) is 0 Å². The molecule has 0 radical (unpaired) electrons. The molecule has 4 nitrogen and oxygen atoms in total. The van der Waals surface area contributed by atoms with Gasteiger partial charge in [0.1, 0.15) is 11.5 Å². The van der Waals surface area contributed by atoms with E-state index in [-0.39, 0.29) is 0 Å². The predicted molar refractivity (Wildman–Crippen MR) is 83.6 cm³/mol. The summed E-state index contributed by atoms with van der Waals surface area (Å²) in [7, 11) is 0. The van der Waals surface area contributed by atoms with Crippen LogP contribution < -0.4 is 15.2 Å². The largest absolute Gasteiger partial charge is 0.519 e. The average Bonchev–Trinajstić information content (AvgIpc) is 2.56. The molecule has 3 N–H and O–H groups in total. The van der Waals surface area contributed by atoms with Gasteiger partial charge in [-0.3, -0.25) is 0 Å². The second-order valence-corrected chi connectivity index (χ2v) is 4.83. The third-order valence-corrected chi connectivity index (χ3v) is 3.36. The first-order valence-corrected chi connectivity index (χ1v) is 7.02. The Morgan fingerprint density at radius 2 is 1.59 bits per heavy atom. The second-order valence-electron chi connectivity index (χ2n) is 4.83. The number of carbonyl (C=O) groups is 1. The Bertz CT molecular complexity index is 792. The van der Waals surface area contributed by atoms with Crippen molar-refractivity contribution < 1.29 is 20.0 Å². The average molecular weight is 294 g/mol. The van der Waals surface area contributed by atoms with Gasteiger partial charge in [-0.15, -0.1) is 0 Å². The van der Waals surface area contributed by atoms with E-state index in [0.717, 1.165) is 16.3 Å². The van der Waals surface area contributed by atoms with Crippen molar-refractivity contribution in [2.24, 2.45) is 0 Å². The van der Waals surface area contributed by atoms with Gasteiger partial charge >= 0.3 is 6.16 Å². The molecular weight excluding hydrogens is 278 g/mol. The van der Waals surface area contributed by atoms with Crippen LogP contribution >= 0.6 is 0 Å². The van der Waals surface area contributed by atoms with E-state index in [1.807, 2.05) is 48.5 Å². The summed E-state index contributed by atoms with van der Waals surface area (Å²) in [6.45, 7) is 0.695. The van der Waals surface area contributed by atoms with Crippen LogP contribution in [0.5, 0.6) is 11.5 Å². The quantitative estimate of drug-likeness (QED) is 0.596. The van der Waals surface area contributed by atoms with Crippen LogP contribution in [0.4, 0.5) is 4.79 Å². The Morgan fingerprint density at radius 3 is 2.36 bits per heavy atom. The van der Waals surface area contributed by atoms with Gasteiger partial charge in [-0.2, -0.15) is 0 Å². The molecule has 0 aliphatic heterocycles. The zero-order valence-corrected chi connectivity index (χ0v) is 12.0. The van der Waals surface area contributed by atoms with E-state index in [1.165, 1.54) is 0 Å². The third-order valence-electron chi connectivity index (χ3n) is 3.36. The van der Waals surface area contributed by atoms with Crippen LogP contribution in [0, 0.1) is 0 Å². The number of hydrogen-bond acceptors (Lipinski definition) is 3. The number of benzene rings is 3. The molecule has 0 saturated carbocycles. The number of hydrogen-bond donors (Lipinski definition) is 1. The smallest absolute Gasteiger partial charge is 0.395 e. The summed E-state index contributed by atoms with van der Waals surface area (Å²) < 4.78 is 10.5. The molecule has 3 aromatic carbocycles. The molecule has 0 bridgehead atoms. The van der Waals surface area contributed by atoms with E-state index in [4.69, 9.17) is 9.47 Å². The van der Waals surface area contributed by atoms with Crippen LogP contribution in [0.25, 0.3) is 10.8 Å². The molecule has 4 heteroatoms. The minimum absolute atomic E-state index is 0.447. The van der Waals surface area contributed by atoms with Crippen LogP contribution in [-0.4, -0.2) is 6.16 Å². The Morgan fingerprint density at radius 1 is 0.864 bits per heavy atom. The summed E-state index contributed by atoms with van der Waals surface area (Å²) in [5, 5.41) is 1.88. The fourth-order valence-corrected chi connectivity index (χ4v) is 2.22. The van der Waals surface area contributed by atoms with E-state index in [2.05, 4.69) is 5.73 Å². The molecule has 110 valence electrons. The summed E-state index contributed by atoms with van der Waals surface area (Å²) in [4.78, 5) is 11.9. The summed E-state index contributed by atoms with van der Waals surface area (Å²) in [6, 6.07) is 20.4. The minimum Gasteiger partial charge on any atom is -0.395 e. The fraction of sp³-hybridized carbons (Fsp3) is 0.0556. The molecule has 0 heterocycles.